The van der Waals surface area contributed by atoms with Crippen LogP contribution in [0.25, 0.3) is 10.2 Å². The molecule has 0 aliphatic carbocycles. The number of fused-ring (bicyclic) bond motifs is 1. The molecule has 0 N–H and O–H groups in total. The molecule has 3 rings (SSSR count). The van der Waals surface area contributed by atoms with E-state index in [-0.39, 0.29) is 5.38 Å². The van der Waals surface area contributed by atoms with Crippen LogP contribution in [0.5, 0.6) is 0 Å². The van der Waals surface area contributed by atoms with Gasteiger partial charge in [-0.15, -0.1) is 22.9 Å². The molecule has 0 bridgehead atoms. The molecule has 1 aromatic heterocycles. The highest BCUT2D eigenvalue weighted by Gasteiger charge is 2.12. The maximum atomic E-state index is 6.48. The summed E-state index contributed by atoms with van der Waals surface area (Å²) in [6.07, 6.45) is 0.779. The van der Waals surface area contributed by atoms with Crippen LogP contribution in [0.15, 0.2) is 48.5 Å². The molecular formula is C15H11ClINS. The molecule has 0 aliphatic heterocycles. The standard InChI is InChI=1S/C15H11ClINS/c16-12(10-5-7-11(17)8-6-10)9-15-18-13-3-1-2-4-14(13)19-15/h1-8,12H,9H2. The summed E-state index contributed by atoms with van der Waals surface area (Å²) >= 11 is 10.5. The monoisotopic (exact) mass is 399 g/mol. The van der Waals surface area contributed by atoms with Crippen molar-refractivity contribution in [2.45, 2.75) is 11.8 Å². The third-order valence-electron chi connectivity index (χ3n) is 2.92. The Kier molecular flexibility index (Phi) is 4.05. The highest BCUT2D eigenvalue weighted by molar-refractivity contribution is 14.1. The summed E-state index contributed by atoms with van der Waals surface area (Å²) < 4.78 is 2.45. The van der Waals surface area contributed by atoms with Crippen LogP contribution in [-0.2, 0) is 6.42 Å². The molecule has 0 saturated carbocycles. The van der Waals surface area contributed by atoms with Crippen molar-refractivity contribution in [1.29, 1.82) is 0 Å². The van der Waals surface area contributed by atoms with Gasteiger partial charge in [-0.1, -0.05) is 24.3 Å². The fraction of sp³-hybridized carbons (Fsp3) is 0.133. The highest BCUT2D eigenvalue weighted by Crippen LogP contribution is 2.29. The zero-order valence-electron chi connectivity index (χ0n) is 10.0. The third kappa shape index (κ3) is 3.09. The predicted molar refractivity (Wildman–Crippen MR) is 91.1 cm³/mol. The number of benzene rings is 2. The zero-order chi connectivity index (χ0) is 13.2. The first-order valence-electron chi connectivity index (χ1n) is 5.96. The molecular weight excluding hydrogens is 389 g/mol. The lowest BCUT2D eigenvalue weighted by atomic mass is 10.1. The smallest absolute Gasteiger partial charge is 0.0956 e. The fourth-order valence-electron chi connectivity index (χ4n) is 1.95. The van der Waals surface area contributed by atoms with Gasteiger partial charge in [-0.2, -0.15) is 0 Å². The van der Waals surface area contributed by atoms with Gasteiger partial charge in [0.05, 0.1) is 20.6 Å². The Hall–Kier alpha value is -0.650. The molecule has 3 aromatic rings. The van der Waals surface area contributed by atoms with Gasteiger partial charge in [-0.05, 0) is 52.4 Å². The van der Waals surface area contributed by atoms with E-state index in [0.717, 1.165) is 22.5 Å². The van der Waals surface area contributed by atoms with Crippen molar-refractivity contribution < 1.29 is 0 Å². The Morgan fingerprint density at radius 3 is 2.58 bits per heavy atom. The second-order valence-corrected chi connectivity index (χ2v) is 7.19. The van der Waals surface area contributed by atoms with E-state index in [4.69, 9.17) is 11.6 Å². The normalized spacial score (nSPS) is 12.7. The lowest BCUT2D eigenvalue weighted by Gasteiger charge is -2.07. The van der Waals surface area contributed by atoms with Gasteiger partial charge >= 0.3 is 0 Å². The number of nitrogens with zero attached hydrogens (tertiary/aromatic N) is 1. The van der Waals surface area contributed by atoms with Crippen molar-refractivity contribution in [1.82, 2.24) is 4.98 Å². The lowest BCUT2D eigenvalue weighted by molar-refractivity contribution is 0.910. The number of para-hydroxylation sites is 1. The maximum absolute atomic E-state index is 6.48. The molecule has 1 unspecified atom stereocenters. The zero-order valence-corrected chi connectivity index (χ0v) is 13.7. The van der Waals surface area contributed by atoms with Crippen LogP contribution in [0.4, 0.5) is 0 Å². The average molecular weight is 400 g/mol. The highest BCUT2D eigenvalue weighted by atomic mass is 127. The minimum atomic E-state index is -0.0161. The van der Waals surface area contributed by atoms with E-state index in [0.29, 0.717) is 0 Å². The molecule has 0 saturated heterocycles. The summed E-state index contributed by atoms with van der Waals surface area (Å²) in [5, 5.41) is 1.08. The Morgan fingerprint density at radius 2 is 1.84 bits per heavy atom. The number of alkyl halides is 1. The number of rotatable bonds is 3. The summed E-state index contributed by atoms with van der Waals surface area (Å²) in [6.45, 7) is 0. The van der Waals surface area contributed by atoms with Gasteiger partial charge < -0.3 is 0 Å². The topological polar surface area (TPSA) is 12.9 Å². The van der Waals surface area contributed by atoms with Gasteiger partial charge in [-0.3, -0.25) is 0 Å². The van der Waals surface area contributed by atoms with E-state index in [1.807, 2.05) is 18.2 Å². The van der Waals surface area contributed by atoms with Gasteiger partial charge in [0.2, 0.25) is 0 Å². The molecule has 0 fully saturated rings. The number of thiazole rings is 1. The van der Waals surface area contributed by atoms with Gasteiger partial charge in [0.25, 0.3) is 0 Å². The molecule has 1 nitrogen and oxygen atoms in total. The predicted octanol–water partition coefficient (Wildman–Crippen LogP) is 5.42. The second-order valence-electron chi connectivity index (χ2n) is 4.30. The Bertz CT molecular complexity index is 660. The maximum Gasteiger partial charge on any atom is 0.0956 e. The van der Waals surface area contributed by atoms with Crippen molar-refractivity contribution in [2.75, 3.05) is 0 Å². The number of halogens is 2. The van der Waals surface area contributed by atoms with Crippen LogP contribution in [-0.4, -0.2) is 4.98 Å². The van der Waals surface area contributed by atoms with Gasteiger partial charge in [-0.25, -0.2) is 4.98 Å². The first-order chi connectivity index (χ1) is 9.22. The van der Waals surface area contributed by atoms with E-state index in [1.165, 1.54) is 8.27 Å². The number of hydrogen-bond donors (Lipinski definition) is 0. The van der Waals surface area contributed by atoms with Crippen LogP contribution in [0.1, 0.15) is 15.9 Å². The van der Waals surface area contributed by atoms with Gasteiger partial charge in [0, 0.05) is 9.99 Å². The summed E-state index contributed by atoms with van der Waals surface area (Å²) in [4.78, 5) is 4.63. The quantitative estimate of drug-likeness (QED) is 0.423. The molecule has 1 atom stereocenters. The van der Waals surface area contributed by atoms with Crippen LogP contribution in [0.3, 0.4) is 0 Å². The van der Waals surface area contributed by atoms with Gasteiger partial charge in [0.1, 0.15) is 0 Å². The van der Waals surface area contributed by atoms with Crippen molar-refractivity contribution >= 4 is 55.7 Å². The lowest BCUT2D eigenvalue weighted by Crippen LogP contribution is -1.95. The Labute approximate surface area is 134 Å². The Morgan fingerprint density at radius 1 is 1.11 bits per heavy atom. The summed E-state index contributed by atoms with van der Waals surface area (Å²) in [6, 6.07) is 16.6. The van der Waals surface area contributed by atoms with E-state index >= 15 is 0 Å². The van der Waals surface area contributed by atoms with Crippen molar-refractivity contribution in [3.63, 3.8) is 0 Å². The second kappa shape index (κ2) is 5.77. The molecule has 1 heterocycles. The van der Waals surface area contributed by atoms with E-state index in [1.54, 1.807) is 11.3 Å². The van der Waals surface area contributed by atoms with E-state index in [2.05, 4.69) is 57.9 Å². The van der Waals surface area contributed by atoms with Crippen LogP contribution < -0.4 is 0 Å². The minimum absolute atomic E-state index is 0.0161. The fourth-order valence-corrected chi connectivity index (χ4v) is 3.71. The molecule has 0 spiro atoms. The van der Waals surface area contributed by atoms with Crippen LogP contribution in [0, 0.1) is 3.57 Å². The molecule has 19 heavy (non-hydrogen) atoms. The van der Waals surface area contributed by atoms with Gasteiger partial charge in [0.15, 0.2) is 0 Å². The molecule has 2 aromatic carbocycles. The molecule has 96 valence electrons. The third-order valence-corrected chi connectivity index (χ3v) is 5.11. The average Bonchev–Trinajstić information content (AvgIpc) is 2.81. The van der Waals surface area contributed by atoms with Crippen molar-refractivity contribution in [3.05, 3.63) is 62.7 Å². The van der Waals surface area contributed by atoms with E-state index < -0.39 is 0 Å². The van der Waals surface area contributed by atoms with E-state index in [9.17, 15) is 0 Å². The summed E-state index contributed by atoms with van der Waals surface area (Å²) in [7, 11) is 0. The van der Waals surface area contributed by atoms with Crippen molar-refractivity contribution in [3.8, 4) is 0 Å². The van der Waals surface area contributed by atoms with Crippen LogP contribution in [0.2, 0.25) is 0 Å². The minimum Gasteiger partial charge on any atom is -0.241 e. The summed E-state index contributed by atoms with van der Waals surface area (Å²) in [5.74, 6) is 0. The largest absolute Gasteiger partial charge is 0.241 e. The first-order valence-corrected chi connectivity index (χ1v) is 8.29. The first kappa shape index (κ1) is 13.3. The molecule has 0 aliphatic rings. The summed E-state index contributed by atoms with van der Waals surface area (Å²) in [5.41, 5.74) is 2.22. The van der Waals surface area contributed by atoms with Crippen LogP contribution >= 0.6 is 45.5 Å². The Balaban J connectivity index is 1.82. The number of hydrogen-bond acceptors (Lipinski definition) is 2. The molecule has 0 radical (unpaired) electrons. The van der Waals surface area contributed by atoms with Crippen molar-refractivity contribution in [2.24, 2.45) is 0 Å². The SMILES string of the molecule is ClC(Cc1nc2ccccc2s1)c1ccc(I)cc1. The molecule has 0 amide bonds. The molecule has 4 heteroatoms. The number of aromatic nitrogens is 1.